The Bertz CT molecular complexity index is 557. The molecule has 0 saturated carbocycles. The van der Waals surface area contributed by atoms with Gasteiger partial charge in [-0.1, -0.05) is 0 Å². The lowest BCUT2D eigenvalue weighted by molar-refractivity contribution is -0.134. The van der Waals surface area contributed by atoms with E-state index in [1.807, 2.05) is 5.32 Å². The molecule has 1 aromatic rings. The zero-order valence-electron chi connectivity index (χ0n) is 10.7. The van der Waals surface area contributed by atoms with Crippen molar-refractivity contribution in [2.45, 2.75) is 13.8 Å². The van der Waals surface area contributed by atoms with E-state index in [1.54, 1.807) is 0 Å². The van der Waals surface area contributed by atoms with Crippen molar-refractivity contribution in [2.24, 2.45) is 0 Å². The number of amides is 1. The fraction of sp³-hybridized carbons (Fsp3) is 0.250. The summed E-state index contributed by atoms with van der Waals surface area (Å²) in [6, 6.07) is 1.87. The third-order valence-electron chi connectivity index (χ3n) is 2.08. The molecule has 1 amide bonds. The second kappa shape index (κ2) is 6.50. The van der Waals surface area contributed by atoms with Gasteiger partial charge in [0.15, 0.2) is 11.6 Å². The van der Waals surface area contributed by atoms with E-state index in [-0.39, 0.29) is 12.3 Å². The van der Waals surface area contributed by atoms with Gasteiger partial charge in [0.25, 0.3) is 0 Å². The topological polar surface area (TPSA) is 102 Å². The molecule has 0 unspecified atom stereocenters. The number of hydrogen-bond acceptors (Lipinski definition) is 6. The Morgan fingerprint density at radius 2 is 2.00 bits per heavy atom. The Kier molecular flexibility index (Phi) is 5.01. The highest BCUT2D eigenvalue weighted by molar-refractivity contribution is 6.03. The van der Waals surface area contributed by atoms with E-state index in [0.717, 1.165) is 19.1 Å². The van der Waals surface area contributed by atoms with E-state index in [2.05, 4.69) is 9.47 Å². The normalized spacial score (nSPS) is 9.75. The van der Waals surface area contributed by atoms with Crippen molar-refractivity contribution in [3.63, 3.8) is 0 Å². The average molecular weight is 285 g/mol. The second-order valence-corrected chi connectivity index (χ2v) is 3.55. The molecule has 108 valence electrons. The number of phenols is 1. The molecular formula is C12H12FNO6. The first-order valence-corrected chi connectivity index (χ1v) is 5.54. The van der Waals surface area contributed by atoms with Gasteiger partial charge in [-0.3, -0.25) is 10.1 Å². The SMILES string of the molecule is CCOC(=O)c1c(NC(=O)OC(C)=O)ccc(F)c1O. The average Bonchev–Trinajstić information content (AvgIpc) is 2.33. The summed E-state index contributed by atoms with van der Waals surface area (Å²) in [6.45, 7) is 2.52. The molecule has 0 radical (unpaired) electrons. The van der Waals surface area contributed by atoms with Gasteiger partial charge in [0.1, 0.15) is 5.56 Å². The number of nitrogens with one attached hydrogen (secondary N) is 1. The summed E-state index contributed by atoms with van der Waals surface area (Å²) >= 11 is 0. The number of ether oxygens (including phenoxy) is 2. The number of hydrogen-bond donors (Lipinski definition) is 2. The van der Waals surface area contributed by atoms with Crippen LogP contribution in [0, 0.1) is 5.82 Å². The monoisotopic (exact) mass is 285 g/mol. The van der Waals surface area contributed by atoms with Crippen LogP contribution >= 0.6 is 0 Å². The number of esters is 2. The Hall–Kier alpha value is -2.64. The number of aromatic hydroxyl groups is 1. The molecule has 8 heteroatoms. The Labute approximate surface area is 113 Å². The third-order valence-corrected chi connectivity index (χ3v) is 2.08. The molecule has 1 aromatic carbocycles. The molecule has 0 bridgehead atoms. The van der Waals surface area contributed by atoms with Crippen molar-refractivity contribution in [1.82, 2.24) is 0 Å². The predicted octanol–water partition coefficient (Wildman–Crippen LogP) is 1.80. The molecule has 2 N–H and O–H groups in total. The van der Waals surface area contributed by atoms with Crippen molar-refractivity contribution in [2.75, 3.05) is 11.9 Å². The van der Waals surface area contributed by atoms with Crippen molar-refractivity contribution in [1.29, 1.82) is 0 Å². The fourth-order valence-electron chi connectivity index (χ4n) is 1.35. The van der Waals surface area contributed by atoms with Gasteiger partial charge >= 0.3 is 18.0 Å². The largest absolute Gasteiger partial charge is 0.504 e. The van der Waals surface area contributed by atoms with Gasteiger partial charge in [0, 0.05) is 6.92 Å². The van der Waals surface area contributed by atoms with Crippen LogP contribution in [0.2, 0.25) is 0 Å². The van der Waals surface area contributed by atoms with Gasteiger partial charge in [-0.05, 0) is 19.1 Å². The molecular weight excluding hydrogens is 273 g/mol. The Balaban J connectivity index is 3.12. The summed E-state index contributed by atoms with van der Waals surface area (Å²) in [4.78, 5) is 33.5. The first-order chi connectivity index (χ1) is 9.36. The van der Waals surface area contributed by atoms with Crippen LogP contribution in [0.4, 0.5) is 14.9 Å². The molecule has 20 heavy (non-hydrogen) atoms. The standard InChI is InChI=1S/C12H12FNO6/c1-3-19-11(17)9-8(5-4-7(13)10(9)16)14-12(18)20-6(2)15/h4-5,16H,3H2,1-2H3,(H,14,18). The molecule has 0 spiro atoms. The molecule has 0 fully saturated rings. The van der Waals surface area contributed by atoms with Gasteiger partial charge in [-0.15, -0.1) is 0 Å². The van der Waals surface area contributed by atoms with E-state index in [1.165, 1.54) is 6.92 Å². The number of carbonyl (C=O) groups excluding carboxylic acids is 3. The zero-order valence-corrected chi connectivity index (χ0v) is 10.7. The smallest absolute Gasteiger partial charge is 0.419 e. The number of anilines is 1. The van der Waals surface area contributed by atoms with Gasteiger partial charge in [-0.25, -0.2) is 14.0 Å². The lowest BCUT2D eigenvalue weighted by Crippen LogP contribution is -2.19. The molecule has 0 atom stereocenters. The molecule has 0 aliphatic carbocycles. The van der Waals surface area contributed by atoms with Crippen LogP contribution in [0.1, 0.15) is 24.2 Å². The maximum absolute atomic E-state index is 13.3. The Morgan fingerprint density at radius 1 is 1.35 bits per heavy atom. The molecule has 0 heterocycles. The van der Waals surface area contributed by atoms with Crippen molar-refractivity contribution in [3.05, 3.63) is 23.5 Å². The summed E-state index contributed by atoms with van der Waals surface area (Å²) in [7, 11) is 0. The second-order valence-electron chi connectivity index (χ2n) is 3.55. The van der Waals surface area contributed by atoms with Crippen LogP contribution < -0.4 is 5.32 Å². The van der Waals surface area contributed by atoms with Crippen LogP contribution in [-0.2, 0) is 14.3 Å². The third kappa shape index (κ3) is 3.67. The van der Waals surface area contributed by atoms with Gasteiger partial charge in [0.2, 0.25) is 0 Å². The number of halogens is 1. The summed E-state index contributed by atoms with van der Waals surface area (Å²) in [5.41, 5.74) is -0.805. The van der Waals surface area contributed by atoms with Crippen molar-refractivity contribution >= 4 is 23.7 Å². The number of carbonyl (C=O) groups is 3. The minimum absolute atomic E-state index is 0.00782. The first kappa shape index (κ1) is 15.4. The van der Waals surface area contributed by atoms with Gasteiger partial charge in [-0.2, -0.15) is 0 Å². The summed E-state index contributed by atoms with van der Waals surface area (Å²) in [5.74, 6) is -3.92. The summed E-state index contributed by atoms with van der Waals surface area (Å²) in [6.07, 6.45) is -1.17. The van der Waals surface area contributed by atoms with Crippen molar-refractivity contribution in [3.8, 4) is 5.75 Å². The zero-order chi connectivity index (χ0) is 15.3. The van der Waals surface area contributed by atoms with Crippen LogP contribution in [0.3, 0.4) is 0 Å². The Morgan fingerprint density at radius 3 is 2.55 bits per heavy atom. The highest BCUT2D eigenvalue weighted by Gasteiger charge is 2.22. The molecule has 0 saturated heterocycles. The number of phenolic OH excluding ortho intramolecular Hbond substituents is 1. The molecule has 0 aromatic heterocycles. The van der Waals surface area contributed by atoms with Crippen LogP contribution in [0.5, 0.6) is 5.75 Å². The lowest BCUT2D eigenvalue weighted by atomic mass is 10.1. The minimum atomic E-state index is -1.17. The van der Waals surface area contributed by atoms with E-state index in [0.29, 0.717) is 0 Å². The summed E-state index contributed by atoms with van der Waals surface area (Å²) in [5, 5.41) is 11.6. The molecule has 0 aliphatic heterocycles. The number of benzene rings is 1. The summed E-state index contributed by atoms with van der Waals surface area (Å²) < 4.78 is 22.1. The van der Waals surface area contributed by atoms with Crippen molar-refractivity contribution < 1.29 is 33.4 Å². The van der Waals surface area contributed by atoms with Gasteiger partial charge in [0.05, 0.1) is 12.3 Å². The maximum atomic E-state index is 13.3. The minimum Gasteiger partial charge on any atom is -0.504 e. The van der Waals surface area contributed by atoms with E-state index < -0.39 is 35.2 Å². The van der Waals surface area contributed by atoms with Gasteiger partial charge < -0.3 is 14.6 Å². The number of rotatable bonds is 3. The maximum Gasteiger partial charge on any atom is 0.419 e. The van der Waals surface area contributed by atoms with E-state index in [9.17, 15) is 23.9 Å². The van der Waals surface area contributed by atoms with Crippen LogP contribution in [0.25, 0.3) is 0 Å². The quantitative estimate of drug-likeness (QED) is 0.648. The van der Waals surface area contributed by atoms with Crippen LogP contribution in [-0.4, -0.2) is 29.7 Å². The first-order valence-electron chi connectivity index (χ1n) is 5.54. The van der Waals surface area contributed by atoms with E-state index in [4.69, 9.17) is 0 Å². The highest BCUT2D eigenvalue weighted by Crippen LogP contribution is 2.29. The lowest BCUT2D eigenvalue weighted by Gasteiger charge is -2.11. The molecule has 1 rings (SSSR count). The fourth-order valence-corrected chi connectivity index (χ4v) is 1.35. The highest BCUT2D eigenvalue weighted by atomic mass is 19.1. The van der Waals surface area contributed by atoms with Crippen LogP contribution in [0.15, 0.2) is 12.1 Å². The molecule has 7 nitrogen and oxygen atoms in total. The predicted molar refractivity (Wildman–Crippen MR) is 64.8 cm³/mol. The molecule has 0 aliphatic rings. The van der Waals surface area contributed by atoms with E-state index >= 15 is 0 Å².